The molecule has 0 bridgehead atoms. The average Bonchev–Trinajstić information content (AvgIpc) is 2.90. The smallest absolute Gasteiger partial charge is 0.225 e. The predicted octanol–water partition coefficient (Wildman–Crippen LogP) is 3.54. The van der Waals surface area contributed by atoms with Crippen molar-refractivity contribution in [1.82, 2.24) is 5.32 Å². The lowest BCUT2D eigenvalue weighted by molar-refractivity contribution is -0.120. The van der Waals surface area contributed by atoms with Crippen molar-refractivity contribution < 1.29 is 4.79 Å². The van der Waals surface area contributed by atoms with Gasteiger partial charge in [-0.05, 0) is 17.0 Å². The number of carbonyl (C=O) groups excluding carboxylic acids is 1. The Morgan fingerprint density at radius 2 is 2.00 bits per heavy atom. The van der Waals surface area contributed by atoms with Crippen LogP contribution in [0.25, 0.3) is 0 Å². The third kappa shape index (κ3) is 3.96. The lowest BCUT2D eigenvalue weighted by Gasteiger charge is -2.11. The van der Waals surface area contributed by atoms with Crippen LogP contribution in [0.5, 0.6) is 0 Å². The molecule has 1 unspecified atom stereocenters. The fraction of sp³-hybridized carbons (Fsp3) is 0.214. The third-order valence-corrected chi connectivity index (χ3v) is 4.28. The van der Waals surface area contributed by atoms with E-state index in [1.54, 1.807) is 11.3 Å². The SMILES string of the molecule is O=C(Cc1cccs1)NCC(Br)c1ccccc1. The maximum Gasteiger partial charge on any atom is 0.225 e. The van der Waals surface area contributed by atoms with Gasteiger partial charge in [0, 0.05) is 11.4 Å². The average molecular weight is 324 g/mol. The summed E-state index contributed by atoms with van der Waals surface area (Å²) in [4.78, 5) is 13.0. The highest BCUT2D eigenvalue weighted by Crippen LogP contribution is 2.21. The van der Waals surface area contributed by atoms with Crippen LogP contribution in [0.3, 0.4) is 0 Å². The molecule has 18 heavy (non-hydrogen) atoms. The number of nitrogens with one attached hydrogen (secondary N) is 1. The molecule has 1 amide bonds. The molecule has 0 aliphatic carbocycles. The molecule has 4 heteroatoms. The monoisotopic (exact) mass is 323 g/mol. The minimum Gasteiger partial charge on any atom is -0.354 e. The van der Waals surface area contributed by atoms with Crippen LogP contribution in [-0.2, 0) is 11.2 Å². The Hall–Kier alpha value is -1.13. The van der Waals surface area contributed by atoms with Gasteiger partial charge < -0.3 is 5.32 Å². The highest BCUT2D eigenvalue weighted by molar-refractivity contribution is 9.09. The largest absolute Gasteiger partial charge is 0.354 e. The van der Waals surface area contributed by atoms with Gasteiger partial charge in [-0.25, -0.2) is 0 Å². The Balaban J connectivity index is 1.79. The van der Waals surface area contributed by atoms with Gasteiger partial charge in [-0.3, -0.25) is 4.79 Å². The molecule has 0 spiro atoms. The van der Waals surface area contributed by atoms with Gasteiger partial charge in [0.05, 0.1) is 11.2 Å². The summed E-state index contributed by atoms with van der Waals surface area (Å²) >= 11 is 5.19. The topological polar surface area (TPSA) is 29.1 Å². The molecule has 1 aromatic heterocycles. The van der Waals surface area contributed by atoms with Gasteiger partial charge >= 0.3 is 0 Å². The second kappa shape index (κ2) is 6.71. The van der Waals surface area contributed by atoms with Gasteiger partial charge in [0.25, 0.3) is 0 Å². The van der Waals surface area contributed by atoms with E-state index in [9.17, 15) is 4.79 Å². The summed E-state index contributed by atoms with van der Waals surface area (Å²) in [5, 5.41) is 4.93. The highest BCUT2D eigenvalue weighted by Gasteiger charge is 2.09. The number of thiophene rings is 1. The highest BCUT2D eigenvalue weighted by atomic mass is 79.9. The maximum absolute atomic E-state index is 11.7. The molecule has 2 nitrogen and oxygen atoms in total. The molecule has 1 aromatic carbocycles. The van der Waals surface area contributed by atoms with Crippen molar-refractivity contribution in [1.29, 1.82) is 0 Å². The van der Waals surface area contributed by atoms with Gasteiger partial charge in [-0.15, -0.1) is 11.3 Å². The molecule has 0 saturated carbocycles. The third-order valence-electron chi connectivity index (χ3n) is 2.55. The zero-order valence-electron chi connectivity index (χ0n) is 9.80. The van der Waals surface area contributed by atoms with E-state index in [2.05, 4.69) is 21.2 Å². The number of hydrogen-bond acceptors (Lipinski definition) is 2. The van der Waals surface area contributed by atoms with Crippen molar-refractivity contribution in [2.75, 3.05) is 6.54 Å². The summed E-state index contributed by atoms with van der Waals surface area (Å²) < 4.78 is 0. The van der Waals surface area contributed by atoms with Crippen LogP contribution in [0.1, 0.15) is 15.3 Å². The van der Waals surface area contributed by atoms with Crippen LogP contribution in [0.4, 0.5) is 0 Å². The minimum absolute atomic E-state index is 0.0674. The molecule has 2 aromatic rings. The molecule has 94 valence electrons. The number of benzene rings is 1. The van der Waals surface area contributed by atoms with Crippen molar-refractivity contribution in [3.05, 3.63) is 58.3 Å². The van der Waals surface area contributed by atoms with E-state index in [0.29, 0.717) is 13.0 Å². The van der Waals surface area contributed by atoms with E-state index < -0.39 is 0 Å². The van der Waals surface area contributed by atoms with E-state index in [4.69, 9.17) is 0 Å². The molecule has 1 atom stereocenters. The number of amides is 1. The second-order valence-corrected chi connectivity index (χ2v) is 6.08. The van der Waals surface area contributed by atoms with Gasteiger partial charge in [-0.1, -0.05) is 52.3 Å². The zero-order chi connectivity index (χ0) is 12.8. The molecule has 1 heterocycles. The van der Waals surface area contributed by atoms with Crippen molar-refractivity contribution >= 4 is 33.2 Å². The molecule has 0 aliphatic heterocycles. The van der Waals surface area contributed by atoms with E-state index >= 15 is 0 Å². The Bertz CT molecular complexity index is 484. The molecule has 0 saturated heterocycles. The van der Waals surface area contributed by atoms with Crippen molar-refractivity contribution in [2.24, 2.45) is 0 Å². The lowest BCUT2D eigenvalue weighted by atomic mass is 10.1. The molecular weight excluding hydrogens is 310 g/mol. The fourth-order valence-corrected chi connectivity index (χ4v) is 2.79. The minimum atomic E-state index is 0.0674. The first-order valence-corrected chi connectivity index (χ1v) is 7.53. The number of alkyl halides is 1. The van der Waals surface area contributed by atoms with Crippen molar-refractivity contribution in [3.63, 3.8) is 0 Å². The Morgan fingerprint density at radius 1 is 1.22 bits per heavy atom. The van der Waals surface area contributed by atoms with E-state index in [1.165, 1.54) is 5.56 Å². The number of hydrogen-bond donors (Lipinski definition) is 1. The van der Waals surface area contributed by atoms with E-state index in [1.807, 2.05) is 47.8 Å². The van der Waals surface area contributed by atoms with Crippen LogP contribution in [0.15, 0.2) is 47.8 Å². The zero-order valence-corrected chi connectivity index (χ0v) is 12.2. The fourth-order valence-electron chi connectivity index (χ4n) is 1.62. The summed E-state index contributed by atoms with van der Waals surface area (Å²) in [6, 6.07) is 14.0. The Labute approximate surface area is 119 Å². The van der Waals surface area contributed by atoms with Crippen LogP contribution >= 0.6 is 27.3 Å². The molecular formula is C14H14BrNOS. The molecule has 0 radical (unpaired) electrons. The maximum atomic E-state index is 11.7. The first kappa shape index (κ1) is 13.3. The van der Waals surface area contributed by atoms with Crippen LogP contribution < -0.4 is 5.32 Å². The lowest BCUT2D eigenvalue weighted by Crippen LogP contribution is -2.27. The first-order valence-electron chi connectivity index (χ1n) is 5.74. The van der Waals surface area contributed by atoms with E-state index in [-0.39, 0.29) is 10.7 Å². The van der Waals surface area contributed by atoms with Gasteiger partial charge in [0.15, 0.2) is 0 Å². The number of carbonyl (C=O) groups is 1. The Kier molecular flexibility index (Phi) is 4.96. The quantitative estimate of drug-likeness (QED) is 0.838. The van der Waals surface area contributed by atoms with Gasteiger partial charge in [0.2, 0.25) is 5.91 Å². The summed E-state index contributed by atoms with van der Waals surface area (Å²) in [5.41, 5.74) is 1.17. The van der Waals surface area contributed by atoms with Crippen LogP contribution in [-0.4, -0.2) is 12.5 Å². The second-order valence-electron chi connectivity index (χ2n) is 3.94. The summed E-state index contributed by atoms with van der Waals surface area (Å²) in [5.74, 6) is 0.0674. The van der Waals surface area contributed by atoms with Gasteiger partial charge in [-0.2, -0.15) is 0 Å². The standard InChI is InChI=1S/C14H14BrNOS/c15-13(11-5-2-1-3-6-11)10-16-14(17)9-12-7-4-8-18-12/h1-8,13H,9-10H2,(H,16,17). The first-order chi connectivity index (χ1) is 8.75. The number of rotatable bonds is 5. The van der Waals surface area contributed by atoms with Crippen LogP contribution in [0, 0.1) is 0 Å². The molecule has 1 N–H and O–H groups in total. The van der Waals surface area contributed by atoms with Crippen molar-refractivity contribution in [2.45, 2.75) is 11.2 Å². The molecule has 0 aliphatic rings. The predicted molar refractivity (Wildman–Crippen MR) is 79.1 cm³/mol. The molecule has 2 rings (SSSR count). The normalized spacial score (nSPS) is 12.1. The van der Waals surface area contributed by atoms with E-state index in [0.717, 1.165) is 4.88 Å². The molecule has 0 fully saturated rings. The summed E-state index contributed by atoms with van der Waals surface area (Å²) in [6.45, 7) is 0.605. The Morgan fingerprint density at radius 3 is 2.67 bits per heavy atom. The van der Waals surface area contributed by atoms with Gasteiger partial charge in [0.1, 0.15) is 0 Å². The van der Waals surface area contributed by atoms with Crippen LogP contribution in [0.2, 0.25) is 0 Å². The van der Waals surface area contributed by atoms with Crippen molar-refractivity contribution in [3.8, 4) is 0 Å². The summed E-state index contributed by atoms with van der Waals surface area (Å²) in [7, 11) is 0. The number of halogens is 1. The summed E-state index contributed by atoms with van der Waals surface area (Å²) in [6.07, 6.45) is 0.464.